The number of benzene rings is 1. The van der Waals surface area contributed by atoms with Crippen molar-refractivity contribution in [2.45, 2.75) is 18.2 Å². The molecule has 0 radical (unpaired) electrons. The van der Waals surface area contributed by atoms with Crippen molar-refractivity contribution < 1.29 is 13.2 Å². The SMILES string of the molecule is CCN(c1ccccc1)S(=O)(=O)c1ccc(-n2[nH]cc(CC(=O)N(C)C)c2=O)nc1. The van der Waals surface area contributed by atoms with Gasteiger partial charge in [-0.3, -0.25) is 19.0 Å². The van der Waals surface area contributed by atoms with Crippen LogP contribution in [0.4, 0.5) is 5.69 Å². The average Bonchev–Trinajstić information content (AvgIpc) is 3.09. The molecule has 2 heterocycles. The smallest absolute Gasteiger partial charge is 0.276 e. The number of carbonyl (C=O) groups excluding carboxylic acids is 1. The highest BCUT2D eigenvalue weighted by atomic mass is 32.2. The summed E-state index contributed by atoms with van der Waals surface area (Å²) in [5.74, 6) is 0.0264. The van der Waals surface area contributed by atoms with Crippen molar-refractivity contribution >= 4 is 21.6 Å². The van der Waals surface area contributed by atoms with Crippen LogP contribution in [0, 0.1) is 0 Å². The molecule has 1 aromatic carbocycles. The quantitative estimate of drug-likeness (QED) is 0.611. The zero-order chi connectivity index (χ0) is 21.9. The van der Waals surface area contributed by atoms with Crippen molar-refractivity contribution in [2.24, 2.45) is 0 Å². The van der Waals surface area contributed by atoms with Gasteiger partial charge in [-0.25, -0.2) is 18.1 Å². The van der Waals surface area contributed by atoms with Gasteiger partial charge in [-0.05, 0) is 31.2 Å². The molecule has 2 aromatic heterocycles. The molecule has 30 heavy (non-hydrogen) atoms. The molecule has 0 bridgehead atoms. The van der Waals surface area contributed by atoms with Gasteiger partial charge >= 0.3 is 0 Å². The van der Waals surface area contributed by atoms with E-state index in [9.17, 15) is 18.0 Å². The van der Waals surface area contributed by atoms with E-state index in [1.165, 1.54) is 38.4 Å². The molecule has 158 valence electrons. The maximum absolute atomic E-state index is 13.0. The second-order valence-corrected chi connectivity index (χ2v) is 8.62. The highest BCUT2D eigenvalue weighted by molar-refractivity contribution is 7.92. The first kappa shape index (κ1) is 21.3. The van der Waals surface area contributed by atoms with Crippen LogP contribution in [-0.2, 0) is 21.2 Å². The topological polar surface area (TPSA) is 108 Å². The molecule has 0 fully saturated rings. The van der Waals surface area contributed by atoms with Crippen molar-refractivity contribution in [1.29, 1.82) is 0 Å². The molecule has 1 amide bonds. The van der Waals surface area contributed by atoms with Gasteiger partial charge in [0.1, 0.15) is 4.90 Å². The summed E-state index contributed by atoms with van der Waals surface area (Å²) >= 11 is 0. The molecule has 3 aromatic rings. The van der Waals surface area contributed by atoms with E-state index >= 15 is 0 Å². The maximum Gasteiger partial charge on any atom is 0.276 e. The number of likely N-dealkylation sites (N-methyl/N-ethyl adjacent to an activating group) is 1. The number of nitrogens with one attached hydrogen (secondary N) is 1. The van der Waals surface area contributed by atoms with E-state index in [1.54, 1.807) is 45.3 Å². The number of H-pyrrole nitrogens is 1. The van der Waals surface area contributed by atoms with Crippen LogP contribution in [0.15, 0.2) is 64.5 Å². The minimum absolute atomic E-state index is 0.0135. The van der Waals surface area contributed by atoms with Crippen LogP contribution < -0.4 is 9.86 Å². The van der Waals surface area contributed by atoms with Crippen LogP contribution in [0.1, 0.15) is 12.5 Å². The van der Waals surface area contributed by atoms with Crippen molar-refractivity contribution in [1.82, 2.24) is 19.7 Å². The molecular weight excluding hydrogens is 406 g/mol. The van der Waals surface area contributed by atoms with E-state index in [-0.39, 0.29) is 29.6 Å². The van der Waals surface area contributed by atoms with Gasteiger partial charge in [0.15, 0.2) is 5.82 Å². The third kappa shape index (κ3) is 4.13. The molecule has 3 rings (SSSR count). The Morgan fingerprint density at radius 3 is 2.40 bits per heavy atom. The predicted octanol–water partition coefficient (Wildman–Crippen LogP) is 1.41. The largest absolute Gasteiger partial charge is 0.349 e. The van der Waals surface area contributed by atoms with E-state index in [0.717, 1.165) is 0 Å². The fourth-order valence-electron chi connectivity index (χ4n) is 2.89. The fourth-order valence-corrected chi connectivity index (χ4v) is 4.31. The molecule has 0 saturated carbocycles. The number of amides is 1. The number of hydrogen-bond acceptors (Lipinski definition) is 5. The average molecular weight is 430 g/mol. The fraction of sp³-hybridized carbons (Fsp3) is 0.250. The summed E-state index contributed by atoms with van der Waals surface area (Å²) in [4.78, 5) is 30.0. The normalized spacial score (nSPS) is 11.3. The molecule has 1 N–H and O–H groups in total. The summed E-state index contributed by atoms with van der Waals surface area (Å²) in [5, 5.41) is 2.76. The molecule has 9 nitrogen and oxygen atoms in total. The molecule has 0 aliphatic heterocycles. The second-order valence-electron chi connectivity index (χ2n) is 6.76. The standard InChI is InChI=1S/C20H23N5O4S/c1-4-24(16-8-6-5-7-9-16)30(28,29)17-10-11-18(21-14-17)25-20(27)15(13-22-25)12-19(26)23(2)3/h5-11,13-14,22H,4,12H2,1-3H3. The number of para-hydroxylation sites is 1. The Kier molecular flexibility index (Phi) is 6.06. The highest BCUT2D eigenvalue weighted by Crippen LogP contribution is 2.23. The highest BCUT2D eigenvalue weighted by Gasteiger charge is 2.24. The lowest BCUT2D eigenvalue weighted by Gasteiger charge is -2.22. The van der Waals surface area contributed by atoms with Gasteiger partial charge in [-0.2, -0.15) is 0 Å². The summed E-state index contributed by atoms with van der Waals surface area (Å²) in [7, 11) is -0.582. The molecule has 10 heteroatoms. The van der Waals surface area contributed by atoms with Crippen molar-refractivity contribution in [3.63, 3.8) is 0 Å². The maximum atomic E-state index is 13.0. The zero-order valence-electron chi connectivity index (χ0n) is 16.9. The summed E-state index contributed by atoms with van der Waals surface area (Å²) in [6.07, 6.45) is 2.63. The van der Waals surface area contributed by atoms with Gasteiger partial charge in [0, 0.05) is 38.6 Å². The van der Waals surface area contributed by atoms with Crippen LogP contribution in [0.2, 0.25) is 0 Å². The van der Waals surface area contributed by atoms with E-state index in [4.69, 9.17) is 0 Å². The lowest BCUT2D eigenvalue weighted by atomic mass is 10.2. The molecule has 0 aliphatic carbocycles. The molecule has 0 atom stereocenters. The Bertz CT molecular complexity index is 1180. The Hall–Kier alpha value is -3.40. The molecule has 0 aliphatic rings. The second kappa shape index (κ2) is 8.54. The number of anilines is 1. The summed E-state index contributed by atoms with van der Waals surface area (Å²) in [5.41, 5.74) is 0.445. The van der Waals surface area contributed by atoms with Crippen molar-refractivity contribution in [2.75, 3.05) is 24.9 Å². The minimum Gasteiger partial charge on any atom is -0.349 e. The number of pyridine rings is 1. The first-order valence-electron chi connectivity index (χ1n) is 9.29. The van der Waals surface area contributed by atoms with E-state index < -0.39 is 15.6 Å². The minimum atomic E-state index is -3.81. The van der Waals surface area contributed by atoms with Crippen LogP contribution in [0.5, 0.6) is 0 Å². The van der Waals surface area contributed by atoms with Crippen molar-refractivity contribution in [3.8, 4) is 5.82 Å². The van der Waals surface area contributed by atoms with Gasteiger partial charge in [0.05, 0.1) is 12.1 Å². The Balaban J connectivity index is 1.89. The molecular formula is C20H23N5O4S. The van der Waals surface area contributed by atoms with Crippen LogP contribution in [-0.4, -0.2) is 54.6 Å². The number of carbonyl (C=O) groups is 1. The van der Waals surface area contributed by atoms with Crippen LogP contribution >= 0.6 is 0 Å². The summed E-state index contributed by atoms with van der Waals surface area (Å²) < 4.78 is 28.5. The van der Waals surface area contributed by atoms with Gasteiger partial charge in [-0.1, -0.05) is 18.2 Å². The summed E-state index contributed by atoms with van der Waals surface area (Å²) in [6.45, 7) is 2.01. The Labute approximate surface area is 174 Å². The van der Waals surface area contributed by atoms with Crippen LogP contribution in [0.25, 0.3) is 5.82 Å². The van der Waals surface area contributed by atoms with Gasteiger partial charge in [0.25, 0.3) is 15.6 Å². The third-order valence-electron chi connectivity index (χ3n) is 4.56. The number of rotatable bonds is 7. The van der Waals surface area contributed by atoms with Crippen LogP contribution in [0.3, 0.4) is 0 Å². The number of sulfonamides is 1. The predicted molar refractivity (Wildman–Crippen MR) is 113 cm³/mol. The molecule has 0 saturated heterocycles. The molecule has 0 spiro atoms. The van der Waals surface area contributed by atoms with E-state index in [2.05, 4.69) is 10.1 Å². The van der Waals surface area contributed by atoms with Gasteiger partial charge in [-0.15, -0.1) is 0 Å². The van der Waals surface area contributed by atoms with Gasteiger partial charge < -0.3 is 4.90 Å². The molecule has 0 unspecified atom stereocenters. The third-order valence-corrected chi connectivity index (χ3v) is 6.44. The number of aromatic nitrogens is 3. The first-order valence-corrected chi connectivity index (χ1v) is 10.7. The number of nitrogens with zero attached hydrogens (tertiary/aromatic N) is 4. The summed E-state index contributed by atoms with van der Waals surface area (Å²) in [6, 6.07) is 11.6. The number of hydrogen-bond donors (Lipinski definition) is 1. The lowest BCUT2D eigenvalue weighted by Crippen LogP contribution is -2.31. The Morgan fingerprint density at radius 2 is 1.83 bits per heavy atom. The first-order chi connectivity index (χ1) is 14.3. The number of aromatic amines is 1. The van der Waals surface area contributed by atoms with Crippen molar-refractivity contribution in [3.05, 3.63) is 70.8 Å². The monoisotopic (exact) mass is 429 g/mol. The van der Waals surface area contributed by atoms with Gasteiger partial charge in [0.2, 0.25) is 5.91 Å². The van der Waals surface area contributed by atoms with E-state index in [1.807, 2.05) is 6.07 Å². The Morgan fingerprint density at radius 1 is 1.13 bits per heavy atom. The zero-order valence-corrected chi connectivity index (χ0v) is 17.8. The lowest BCUT2D eigenvalue weighted by molar-refractivity contribution is -0.127. The van der Waals surface area contributed by atoms with E-state index in [0.29, 0.717) is 11.3 Å².